The Hall–Kier alpha value is -0.900. The van der Waals surface area contributed by atoms with E-state index in [1.165, 1.54) is 0 Å². The molecule has 1 amide bonds. The normalized spacial score (nSPS) is 12.2. The standard InChI is InChI=1S/C11H22N2O2/c1-8(2)13(7-10(12)15)6-9(14)11(3,4)5/h8H,6-7H2,1-5H3,(H2,12,15). The molecular weight excluding hydrogens is 192 g/mol. The number of hydrogen-bond donors (Lipinski definition) is 1. The number of hydrogen-bond acceptors (Lipinski definition) is 3. The summed E-state index contributed by atoms with van der Waals surface area (Å²) in [6.45, 7) is 9.93. The van der Waals surface area contributed by atoms with E-state index in [0.717, 1.165) is 0 Å². The lowest BCUT2D eigenvalue weighted by molar-refractivity contribution is -0.129. The average Bonchev–Trinajstić information content (AvgIpc) is 1.99. The molecule has 0 heterocycles. The average molecular weight is 214 g/mol. The third-order valence-electron chi connectivity index (χ3n) is 2.27. The third-order valence-corrected chi connectivity index (χ3v) is 2.27. The Kier molecular flexibility index (Phi) is 4.94. The van der Waals surface area contributed by atoms with Crippen molar-refractivity contribution in [3.63, 3.8) is 0 Å². The summed E-state index contributed by atoms with van der Waals surface area (Å²) in [5.74, 6) is -0.275. The largest absolute Gasteiger partial charge is 0.369 e. The Bertz CT molecular complexity index is 241. The Morgan fingerprint density at radius 1 is 1.20 bits per heavy atom. The molecule has 0 aromatic heterocycles. The van der Waals surface area contributed by atoms with Gasteiger partial charge in [-0.1, -0.05) is 20.8 Å². The Labute approximate surface area is 91.8 Å². The maximum absolute atomic E-state index is 11.8. The van der Waals surface area contributed by atoms with Crippen molar-refractivity contribution in [3.8, 4) is 0 Å². The molecule has 0 radical (unpaired) electrons. The van der Waals surface area contributed by atoms with E-state index >= 15 is 0 Å². The highest BCUT2D eigenvalue weighted by molar-refractivity contribution is 5.86. The van der Waals surface area contributed by atoms with E-state index in [4.69, 9.17) is 5.73 Å². The van der Waals surface area contributed by atoms with Gasteiger partial charge < -0.3 is 5.73 Å². The SMILES string of the molecule is CC(C)N(CC(N)=O)CC(=O)C(C)(C)C. The second kappa shape index (κ2) is 5.26. The number of ketones is 1. The van der Waals surface area contributed by atoms with Crippen LogP contribution in [0.4, 0.5) is 0 Å². The molecule has 2 N–H and O–H groups in total. The fourth-order valence-electron chi connectivity index (χ4n) is 1.04. The van der Waals surface area contributed by atoms with Gasteiger partial charge in [0, 0.05) is 11.5 Å². The molecule has 15 heavy (non-hydrogen) atoms. The minimum absolute atomic E-state index is 0.123. The molecule has 0 atom stereocenters. The number of amides is 1. The van der Waals surface area contributed by atoms with Crippen molar-refractivity contribution in [1.82, 2.24) is 4.90 Å². The van der Waals surface area contributed by atoms with Crippen molar-refractivity contribution in [2.45, 2.75) is 40.7 Å². The number of carbonyl (C=O) groups excluding carboxylic acids is 2. The molecule has 0 aliphatic heterocycles. The number of Topliss-reactive ketones (excluding diaryl/α,β-unsaturated/α-hetero) is 1. The summed E-state index contributed by atoms with van der Waals surface area (Å²) in [4.78, 5) is 24.4. The van der Waals surface area contributed by atoms with Gasteiger partial charge in [-0.15, -0.1) is 0 Å². The Morgan fingerprint density at radius 2 is 1.67 bits per heavy atom. The lowest BCUT2D eigenvalue weighted by Gasteiger charge is -2.27. The zero-order valence-electron chi connectivity index (χ0n) is 10.3. The van der Waals surface area contributed by atoms with Crippen molar-refractivity contribution >= 4 is 11.7 Å². The second-order valence-electron chi connectivity index (χ2n) is 5.14. The van der Waals surface area contributed by atoms with Gasteiger partial charge in [-0.25, -0.2) is 0 Å². The molecular formula is C11H22N2O2. The molecule has 0 spiro atoms. The van der Waals surface area contributed by atoms with Crippen molar-refractivity contribution < 1.29 is 9.59 Å². The van der Waals surface area contributed by atoms with E-state index < -0.39 is 5.91 Å². The van der Waals surface area contributed by atoms with E-state index in [2.05, 4.69) is 0 Å². The molecule has 88 valence electrons. The molecule has 0 aliphatic rings. The lowest BCUT2D eigenvalue weighted by Crippen LogP contribution is -2.44. The van der Waals surface area contributed by atoms with Crippen LogP contribution in [-0.2, 0) is 9.59 Å². The topological polar surface area (TPSA) is 63.4 Å². The summed E-state index contributed by atoms with van der Waals surface area (Å²) in [5.41, 5.74) is 4.75. The van der Waals surface area contributed by atoms with Crippen LogP contribution in [0.3, 0.4) is 0 Å². The maximum Gasteiger partial charge on any atom is 0.231 e. The first-order valence-corrected chi connectivity index (χ1v) is 5.20. The van der Waals surface area contributed by atoms with Crippen LogP contribution in [0.2, 0.25) is 0 Å². The van der Waals surface area contributed by atoms with Gasteiger partial charge >= 0.3 is 0 Å². The monoisotopic (exact) mass is 214 g/mol. The predicted molar refractivity (Wildman–Crippen MR) is 60.4 cm³/mol. The van der Waals surface area contributed by atoms with Crippen molar-refractivity contribution in [3.05, 3.63) is 0 Å². The predicted octanol–water partition coefficient (Wildman–Crippen LogP) is 0.797. The molecule has 4 nitrogen and oxygen atoms in total. The lowest BCUT2D eigenvalue weighted by atomic mass is 9.90. The van der Waals surface area contributed by atoms with Crippen LogP contribution in [0.25, 0.3) is 0 Å². The molecule has 0 saturated carbocycles. The molecule has 0 bridgehead atoms. The molecule has 0 aromatic carbocycles. The molecule has 0 fully saturated rings. The zero-order chi connectivity index (χ0) is 12.2. The fourth-order valence-corrected chi connectivity index (χ4v) is 1.04. The number of carbonyl (C=O) groups is 2. The summed E-state index contributed by atoms with van der Waals surface area (Å²) >= 11 is 0. The van der Waals surface area contributed by atoms with Crippen LogP contribution in [0.1, 0.15) is 34.6 Å². The fraction of sp³-hybridized carbons (Fsp3) is 0.818. The van der Waals surface area contributed by atoms with Gasteiger partial charge in [-0.2, -0.15) is 0 Å². The van der Waals surface area contributed by atoms with E-state index in [-0.39, 0.29) is 30.3 Å². The van der Waals surface area contributed by atoms with Crippen LogP contribution >= 0.6 is 0 Å². The van der Waals surface area contributed by atoms with Crippen molar-refractivity contribution in [1.29, 1.82) is 0 Å². The van der Waals surface area contributed by atoms with Gasteiger partial charge in [0.2, 0.25) is 5.91 Å². The number of primary amides is 1. The molecule has 0 rings (SSSR count). The molecule has 4 heteroatoms. The highest BCUT2D eigenvalue weighted by Crippen LogP contribution is 2.15. The highest BCUT2D eigenvalue weighted by Gasteiger charge is 2.25. The summed E-state index contributed by atoms with van der Waals surface area (Å²) in [6.07, 6.45) is 0. The minimum atomic E-state index is -0.398. The molecule has 0 saturated heterocycles. The van der Waals surface area contributed by atoms with E-state index in [1.54, 1.807) is 4.90 Å². The van der Waals surface area contributed by atoms with Crippen molar-refractivity contribution in [2.75, 3.05) is 13.1 Å². The molecule has 0 aliphatic carbocycles. The summed E-state index contributed by atoms with van der Waals surface area (Å²) in [5, 5.41) is 0. The second-order valence-corrected chi connectivity index (χ2v) is 5.14. The number of rotatable bonds is 5. The van der Waals surface area contributed by atoms with Gasteiger partial charge in [0.25, 0.3) is 0 Å². The zero-order valence-corrected chi connectivity index (χ0v) is 10.3. The first-order valence-electron chi connectivity index (χ1n) is 5.20. The molecule has 0 aromatic rings. The quantitative estimate of drug-likeness (QED) is 0.736. The van der Waals surface area contributed by atoms with Crippen LogP contribution < -0.4 is 5.73 Å². The van der Waals surface area contributed by atoms with Gasteiger partial charge in [0.15, 0.2) is 5.78 Å². The summed E-state index contributed by atoms with van der Waals surface area (Å²) in [6, 6.07) is 0.142. The van der Waals surface area contributed by atoms with Crippen LogP contribution in [0.15, 0.2) is 0 Å². The van der Waals surface area contributed by atoms with Gasteiger partial charge in [-0.05, 0) is 13.8 Å². The van der Waals surface area contributed by atoms with E-state index in [9.17, 15) is 9.59 Å². The van der Waals surface area contributed by atoms with Crippen LogP contribution in [0.5, 0.6) is 0 Å². The Morgan fingerprint density at radius 3 is 1.93 bits per heavy atom. The van der Waals surface area contributed by atoms with Crippen LogP contribution in [-0.4, -0.2) is 35.7 Å². The minimum Gasteiger partial charge on any atom is -0.369 e. The maximum atomic E-state index is 11.8. The Balaban J connectivity index is 4.42. The third kappa shape index (κ3) is 5.52. The first kappa shape index (κ1) is 14.1. The smallest absolute Gasteiger partial charge is 0.231 e. The summed E-state index contributed by atoms with van der Waals surface area (Å²) < 4.78 is 0. The van der Waals surface area contributed by atoms with Gasteiger partial charge in [-0.3, -0.25) is 14.5 Å². The first-order chi connectivity index (χ1) is 6.64. The number of nitrogens with zero attached hydrogens (tertiary/aromatic N) is 1. The van der Waals surface area contributed by atoms with E-state index in [1.807, 2.05) is 34.6 Å². The van der Waals surface area contributed by atoms with Gasteiger partial charge in [0.05, 0.1) is 13.1 Å². The van der Waals surface area contributed by atoms with E-state index in [0.29, 0.717) is 0 Å². The van der Waals surface area contributed by atoms with Crippen molar-refractivity contribution in [2.24, 2.45) is 11.1 Å². The molecule has 0 unspecified atom stereocenters. The van der Waals surface area contributed by atoms with Crippen LogP contribution in [0, 0.1) is 5.41 Å². The summed E-state index contributed by atoms with van der Waals surface area (Å²) in [7, 11) is 0. The van der Waals surface area contributed by atoms with Gasteiger partial charge in [0.1, 0.15) is 0 Å². The highest BCUT2D eigenvalue weighted by atomic mass is 16.1. The number of nitrogens with two attached hydrogens (primary N) is 1.